The molecule has 3 heteroatoms. The summed E-state index contributed by atoms with van der Waals surface area (Å²) in [7, 11) is 2.06. The molecule has 3 nitrogen and oxygen atoms in total. The van der Waals surface area contributed by atoms with Gasteiger partial charge in [0, 0.05) is 30.2 Å². The van der Waals surface area contributed by atoms with E-state index in [0.29, 0.717) is 0 Å². The van der Waals surface area contributed by atoms with Crippen molar-refractivity contribution in [1.29, 1.82) is 5.41 Å². The number of hydrogen-bond donors (Lipinski definition) is 2. The highest BCUT2D eigenvalue weighted by atomic mass is 15.1. The van der Waals surface area contributed by atoms with E-state index in [-0.39, 0.29) is 5.84 Å². The molecule has 88 valence electrons. The Hall–Kier alpha value is -2.03. The van der Waals surface area contributed by atoms with Gasteiger partial charge in [0.2, 0.25) is 0 Å². The number of fused-ring (bicyclic) bond motifs is 1. The van der Waals surface area contributed by atoms with Crippen molar-refractivity contribution in [3.8, 4) is 0 Å². The highest BCUT2D eigenvalue weighted by Gasteiger charge is 2.09. The molecule has 17 heavy (non-hydrogen) atoms. The van der Waals surface area contributed by atoms with Gasteiger partial charge in [-0.15, -0.1) is 0 Å². The summed E-state index contributed by atoms with van der Waals surface area (Å²) in [6.45, 7) is 3.07. The molecular weight excluding hydrogens is 210 g/mol. The highest BCUT2D eigenvalue weighted by molar-refractivity contribution is 6.10. The van der Waals surface area contributed by atoms with E-state index in [9.17, 15) is 0 Å². The monoisotopic (exact) mass is 227 g/mol. The van der Waals surface area contributed by atoms with E-state index < -0.39 is 0 Å². The average Bonchev–Trinajstić information content (AvgIpc) is 2.36. The standard InChI is InChI=1S/C14H17N3/c1-3-17(2)13-9-8-12(14(15)16)10-6-4-5-7-11(10)13/h4-9H,3H2,1-2H3,(H3,15,16). The lowest BCUT2D eigenvalue weighted by Gasteiger charge is -2.20. The molecule has 0 fully saturated rings. The van der Waals surface area contributed by atoms with E-state index in [0.717, 1.165) is 22.9 Å². The zero-order valence-electron chi connectivity index (χ0n) is 10.2. The normalized spacial score (nSPS) is 10.5. The Bertz CT molecular complexity index is 560. The predicted molar refractivity (Wildman–Crippen MR) is 73.9 cm³/mol. The lowest BCUT2D eigenvalue weighted by molar-refractivity contribution is 0.974. The molecule has 0 unspecified atom stereocenters. The minimum Gasteiger partial charge on any atom is -0.384 e. The zero-order chi connectivity index (χ0) is 12.4. The van der Waals surface area contributed by atoms with Crippen molar-refractivity contribution in [2.24, 2.45) is 5.73 Å². The molecule has 3 N–H and O–H groups in total. The van der Waals surface area contributed by atoms with E-state index in [4.69, 9.17) is 11.1 Å². The van der Waals surface area contributed by atoms with Gasteiger partial charge >= 0.3 is 0 Å². The molecule has 0 saturated carbocycles. The number of nitrogen functional groups attached to an aromatic ring is 1. The van der Waals surface area contributed by atoms with Crippen molar-refractivity contribution < 1.29 is 0 Å². The SMILES string of the molecule is CCN(C)c1ccc(C(=N)N)c2ccccc12. The molecule has 0 atom stereocenters. The van der Waals surface area contributed by atoms with Gasteiger partial charge in [0.15, 0.2) is 0 Å². The van der Waals surface area contributed by atoms with Crippen LogP contribution in [0.15, 0.2) is 36.4 Å². The Morgan fingerprint density at radius 2 is 1.82 bits per heavy atom. The molecule has 0 aromatic heterocycles. The number of rotatable bonds is 3. The number of nitrogens with one attached hydrogen (secondary N) is 1. The number of nitrogens with two attached hydrogens (primary N) is 1. The first-order valence-corrected chi connectivity index (χ1v) is 5.72. The summed E-state index contributed by atoms with van der Waals surface area (Å²) in [5, 5.41) is 9.79. The third-order valence-corrected chi connectivity index (χ3v) is 3.08. The van der Waals surface area contributed by atoms with E-state index in [1.54, 1.807) is 0 Å². The van der Waals surface area contributed by atoms with Crippen LogP contribution < -0.4 is 10.6 Å². The molecule has 2 aromatic rings. The van der Waals surface area contributed by atoms with Gasteiger partial charge in [-0.1, -0.05) is 24.3 Å². The predicted octanol–water partition coefficient (Wildman–Crippen LogP) is 2.58. The number of nitrogens with zero attached hydrogens (tertiary/aromatic N) is 1. The fraction of sp³-hybridized carbons (Fsp3) is 0.214. The van der Waals surface area contributed by atoms with Crippen LogP contribution in [0.25, 0.3) is 10.8 Å². The lowest BCUT2D eigenvalue weighted by Crippen LogP contribution is -2.17. The molecule has 0 spiro atoms. The molecule has 0 radical (unpaired) electrons. The van der Waals surface area contributed by atoms with E-state index in [2.05, 4.69) is 24.9 Å². The van der Waals surface area contributed by atoms with Crippen molar-refractivity contribution >= 4 is 22.3 Å². The van der Waals surface area contributed by atoms with Gasteiger partial charge in [-0.3, -0.25) is 5.41 Å². The van der Waals surface area contributed by atoms with Crippen molar-refractivity contribution in [3.63, 3.8) is 0 Å². The van der Waals surface area contributed by atoms with Crippen LogP contribution in [0.1, 0.15) is 12.5 Å². The van der Waals surface area contributed by atoms with Crippen LogP contribution in [-0.4, -0.2) is 19.4 Å². The first kappa shape index (κ1) is 11.5. The van der Waals surface area contributed by atoms with Crippen LogP contribution in [0.4, 0.5) is 5.69 Å². The van der Waals surface area contributed by atoms with Crippen LogP contribution in [0.2, 0.25) is 0 Å². The summed E-state index contributed by atoms with van der Waals surface area (Å²) in [5.74, 6) is 0.118. The largest absolute Gasteiger partial charge is 0.384 e. The molecule has 0 saturated heterocycles. The molecule has 0 aliphatic carbocycles. The second-order valence-electron chi connectivity index (χ2n) is 4.11. The Balaban J connectivity index is 2.75. The topological polar surface area (TPSA) is 53.1 Å². The summed E-state index contributed by atoms with van der Waals surface area (Å²) >= 11 is 0. The summed E-state index contributed by atoms with van der Waals surface area (Å²) in [4.78, 5) is 2.19. The maximum atomic E-state index is 7.60. The molecule has 2 rings (SSSR count). The third kappa shape index (κ3) is 1.96. The van der Waals surface area contributed by atoms with Gasteiger partial charge in [0.25, 0.3) is 0 Å². The fourth-order valence-corrected chi connectivity index (χ4v) is 2.02. The lowest BCUT2D eigenvalue weighted by atomic mass is 10.0. The van der Waals surface area contributed by atoms with Gasteiger partial charge < -0.3 is 10.6 Å². The third-order valence-electron chi connectivity index (χ3n) is 3.08. The van der Waals surface area contributed by atoms with Crippen molar-refractivity contribution in [2.45, 2.75) is 6.92 Å². The van der Waals surface area contributed by atoms with E-state index in [1.165, 1.54) is 5.69 Å². The number of hydrogen-bond acceptors (Lipinski definition) is 2. The molecule has 0 aliphatic heterocycles. The Kier molecular flexibility index (Phi) is 3.00. The second kappa shape index (κ2) is 4.45. The van der Waals surface area contributed by atoms with Crippen LogP contribution in [0, 0.1) is 5.41 Å². The molecule has 0 amide bonds. The Labute approximate surface area is 101 Å². The maximum absolute atomic E-state index is 7.60. The van der Waals surface area contributed by atoms with Crippen molar-refractivity contribution in [2.75, 3.05) is 18.5 Å². The highest BCUT2D eigenvalue weighted by Crippen LogP contribution is 2.28. The Morgan fingerprint density at radius 1 is 1.18 bits per heavy atom. The first-order chi connectivity index (χ1) is 8.15. The van der Waals surface area contributed by atoms with Crippen molar-refractivity contribution in [3.05, 3.63) is 42.0 Å². The Morgan fingerprint density at radius 3 is 2.41 bits per heavy atom. The van der Waals surface area contributed by atoms with Crippen molar-refractivity contribution in [1.82, 2.24) is 0 Å². The molecule has 0 bridgehead atoms. The minimum atomic E-state index is 0.118. The van der Waals surface area contributed by atoms with Crippen LogP contribution in [-0.2, 0) is 0 Å². The van der Waals surface area contributed by atoms with E-state index >= 15 is 0 Å². The molecule has 0 heterocycles. The van der Waals surface area contributed by atoms with Gasteiger partial charge in [-0.25, -0.2) is 0 Å². The molecule has 2 aromatic carbocycles. The van der Waals surface area contributed by atoms with Gasteiger partial charge in [0.05, 0.1) is 0 Å². The van der Waals surface area contributed by atoms with Gasteiger partial charge in [-0.05, 0) is 24.4 Å². The molecule has 0 aliphatic rings. The quantitative estimate of drug-likeness (QED) is 0.625. The first-order valence-electron chi connectivity index (χ1n) is 5.72. The summed E-state index contributed by atoms with van der Waals surface area (Å²) in [6, 6.07) is 12.0. The van der Waals surface area contributed by atoms with Gasteiger partial charge in [-0.2, -0.15) is 0 Å². The number of benzene rings is 2. The number of amidine groups is 1. The fourth-order valence-electron chi connectivity index (χ4n) is 2.02. The maximum Gasteiger partial charge on any atom is 0.123 e. The summed E-state index contributed by atoms with van der Waals surface area (Å²) in [6.07, 6.45) is 0. The van der Waals surface area contributed by atoms with Crippen LogP contribution in [0.5, 0.6) is 0 Å². The summed E-state index contributed by atoms with van der Waals surface area (Å²) in [5.41, 5.74) is 7.58. The average molecular weight is 227 g/mol. The summed E-state index contributed by atoms with van der Waals surface area (Å²) < 4.78 is 0. The number of anilines is 1. The minimum absolute atomic E-state index is 0.118. The second-order valence-corrected chi connectivity index (χ2v) is 4.11. The zero-order valence-corrected chi connectivity index (χ0v) is 10.2. The van der Waals surface area contributed by atoms with Crippen LogP contribution in [0.3, 0.4) is 0 Å². The van der Waals surface area contributed by atoms with Crippen LogP contribution >= 0.6 is 0 Å². The van der Waals surface area contributed by atoms with Gasteiger partial charge in [0.1, 0.15) is 5.84 Å². The molecular formula is C14H17N3. The van der Waals surface area contributed by atoms with E-state index in [1.807, 2.05) is 30.3 Å². The smallest absolute Gasteiger partial charge is 0.123 e.